The van der Waals surface area contributed by atoms with Crippen LogP contribution in [0.3, 0.4) is 0 Å². The molecule has 0 N–H and O–H groups in total. The molecule has 58 valence electrons. The molecule has 0 aromatic rings. The number of rotatable bonds is 2. The van der Waals surface area contributed by atoms with Crippen LogP contribution in [0.5, 0.6) is 0 Å². The summed E-state index contributed by atoms with van der Waals surface area (Å²) in [6, 6.07) is 0. The summed E-state index contributed by atoms with van der Waals surface area (Å²) >= 11 is 0. The van der Waals surface area contributed by atoms with Crippen LogP contribution in [-0.4, -0.2) is 18.5 Å². The molecule has 10 heavy (non-hydrogen) atoms. The van der Waals surface area contributed by atoms with Crippen molar-refractivity contribution < 1.29 is 9.53 Å². The van der Waals surface area contributed by atoms with Crippen LogP contribution in [-0.2, 0) is 9.53 Å². The Hall–Kier alpha value is -0.370. The molecule has 2 nitrogen and oxygen atoms in total. The van der Waals surface area contributed by atoms with Gasteiger partial charge in [0.25, 0.3) is 0 Å². The SMILES string of the molecule is CCO[C@H]1C(=O)CC1(C)C. The first-order valence-corrected chi connectivity index (χ1v) is 3.72. The highest BCUT2D eigenvalue weighted by Gasteiger charge is 2.47. The zero-order chi connectivity index (χ0) is 7.78. The predicted molar refractivity (Wildman–Crippen MR) is 38.8 cm³/mol. The molecule has 0 saturated heterocycles. The molecule has 1 aliphatic rings. The fourth-order valence-electron chi connectivity index (χ4n) is 1.42. The second kappa shape index (κ2) is 2.35. The van der Waals surface area contributed by atoms with Gasteiger partial charge >= 0.3 is 0 Å². The van der Waals surface area contributed by atoms with Gasteiger partial charge in [-0.2, -0.15) is 0 Å². The largest absolute Gasteiger partial charge is 0.370 e. The number of hydrogen-bond donors (Lipinski definition) is 0. The van der Waals surface area contributed by atoms with Gasteiger partial charge in [0.2, 0.25) is 0 Å². The van der Waals surface area contributed by atoms with E-state index in [4.69, 9.17) is 4.74 Å². The maximum atomic E-state index is 10.9. The number of carbonyl (C=O) groups is 1. The van der Waals surface area contributed by atoms with E-state index in [0.717, 1.165) is 0 Å². The summed E-state index contributed by atoms with van der Waals surface area (Å²) < 4.78 is 5.26. The van der Waals surface area contributed by atoms with Gasteiger partial charge in [0.05, 0.1) is 0 Å². The molecule has 0 spiro atoms. The molecule has 1 fully saturated rings. The van der Waals surface area contributed by atoms with Gasteiger partial charge < -0.3 is 4.74 Å². The molecule has 0 aromatic heterocycles. The Kier molecular flexibility index (Phi) is 1.82. The first kappa shape index (κ1) is 7.73. The van der Waals surface area contributed by atoms with Gasteiger partial charge in [0, 0.05) is 18.4 Å². The molecule has 0 heterocycles. The van der Waals surface area contributed by atoms with E-state index in [0.29, 0.717) is 13.0 Å². The highest BCUT2D eigenvalue weighted by atomic mass is 16.5. The lowest BCUT2D eigenvalue weighted by Crippen LogP contribution is -2.51. The fraction of sp³-hybridized carbons (Fsp3) is 0.875. The van der Waals surface area contributed by atoms with Crippen molar-refractivity contribution in [1.29, 1.82) is 0 Å². The molecular formula is C8H14O2. The minimum Gasteiger partial charge on any atom is -0.370 e. The van der Waals surface area contributed by atoms with Crippen molar-refractivity contribution >= 4 is 5.78 Å². The van der Waals surface area contributed by atoms with Crippen molar-refractivity contribution in [3.8, 4) is 0 Å². The Morgan fingerprint density at radius 1 is 1.70 bits per heavy atom. The summed E-state index contributed by atoms with van der Waals surface area (Å²) in [7, 11) is 0. The van der Waals surface area contributed by atoms with E-state index in [9.17, 15) is 4.79 Å². The summed E-state index contributed by atoms with van der Waals surface area (Å²) in [6.45, 7) is 6.69. The molecular weight excluding hydrogens is 128 g/mol. The zero-order valence-electron chi connectivity index (χ0n) is 6.81. The van der Waals surface area contributed by atoms with Crippen LogP contribution in [0.4, 0.5) is 0 Å². The van der Waals surface area contributed by atoms with Crippen LogP contribution in [0.1, 0.15) is 27.2 Å². The smallest absolute Gasteiger partial charge is 0.162 e. The molecule has 0 unspecified atom stereocenters. The van der Waals surface area contributed by atoms with E-state index in [1.807, 2.05) is 6.92 Å². The monoisotopic (exact) mass is 142 g/mol. The van der Waals surface area contributed by atoms with Crippen LogP contribution in [0.15, 0.2) is 0 Å². The average Bonchev–Trinajstić information content (AvgIpc) is 1.82. The third kappa shape index (κ3) is 1.08. The molecule has 0 bridgehead atoms. The summed E-state index contributed by atoms with van der Waals surface area (Å²) in [4.78, 5) is 10.9. The Balaban J connectivity index is 2.48. The predicted octanol–water partition coefficient (Wildman–Crippen LogP) is 1.39. The summed E-state index contributed by atoms with van der Waals surface area (Å²) in [6.07, 6.45) is 0.551. The molecule has 1 aliphatic carbocycles. The molecule has 0 amide bonds. The Morgan fingerprint density at radius 3 is 2.50 bits per heavy atom. The van der Waals surface area contributed by atoms with E-state index in [1.165, 1.54) is 0 Å². The Bertz CT molecular complexity index is 149. The third-order valence-corrected chi connectivity index (χ3v) is 1.97. The lowest BCUT2D eigenvalue weighted by molar-refractivity contribution is -0.158. The first-order chi connectivity index (χ1) is 4.58. The third-order valence-electron chi connectivity index (χ3n) is 1.97. The van der Waals surface area contributed by atoms with Gasteiger partial charge in [-0.25, -0.2) is 0 Å². The van der Waals surface area contributed by atoms with Crippen molar-refractivity contribution in [2.24, 2.45) is 5.41 Å². The van der Waals surface area contributed by atoms with Crippen LogP contribution in [0, 0.1) is 5.41 Å². The summed E-state index contributed by atoms with van der Waals surface area (Å²) in [5.41, 5.74) is 0.0904. The maximum absolute atomic E-state index is 10.9. The highest BCUT2D eigenvalue weighted by molar-refractivity contribution is 5.90. The van der Waals surface area contributed by atoms with Gasteiger partial charge in [0.15, 0.2) is 5.78 Å². The second-order valence-electron chi connectivity index (χ2n) is 3.47. The molecule has 1 saturated carbocycles. The topological polar surface area (TPSA) is 26.3 Å². The standard InChI is InChI=1S/C8H14O2/c1-4-10-7-6(9)5-8(7,2)3/h7H,4-5H2,1-3H3/t7-/m0/s1. The van der Waals surface area contributed by atoms with Crippen LogP contribution < -0.4 is 0 Å². The van der Waals surface area contributed by atoms with E-state index < -0.39 is 0 Å². The maximum Gasteiger partial charge on any atom is 0.162 e. The van der Waals surface area contributed by atoms with E-state index in [2.05, 4.69) is 13.8 Å². The molecule has 1 atom stereocenters. The van der Waals surface area contributed by atoms with Crippen molar-refractivity contribution in [3.63, 3.8) is 0 Å². The lowest BCUT2D eigenvalue weighted by atomic mass is 9.68. The molecule has 2 heteroatoms. The van der Waals surface area contributed by atoms with Crippen molar-refractivity contribution in [1.82, 2.24) is 0 Å². The number of ketones is 1. The van der Waals surface area contributed by atoms with Crippen LogP contribution in [0.25, 0.3) is 0 Å². The number of Topliss-reactive ketones (excluding diaryl/α,β-unsaturated/α-hetero) is 1. The van der Waals surface area contributed by atoms with Crippen molar-refractivity contribution in [2.75, 3.05) is 6.61 Å². The number of hydrogen-bond acceptors (Lipinski definition) is 2. The van der Waals surface area contributed by atoms with Crippen molar-refractivity contribution in [3.05, 3.63) is 0 Å². The average molecular weight is 142 g/mol. The van der Waals surface area contributed by atoms with Crippen LogP contribution in [0.2, 0.25) is 0 Å². The molecule has 0 aromatic carbocycles. The summed E-state index contributed by atoms with van der Waals surface area (Å²) in [5, 5.41) is 0. The Morgan fingerprint density at radius 2 is 2.30 bits per heavy atom. The number of carbonyl (C=O) groups excluding carboxylic acids is 1. The van der Waals surface area contributed by atoms with Gasteiger partial charge in [-0.05, 0) is 6.92 Å². The normalized spacial score (nSPS) is 29.9. The molecule has 0 aliphatic heterocycles. The first-order valence-electron chi connectivity index (χ1n) is 3.72. The van der Waals surface area contributed by atoms with Gasteiger partial charge in [-0.3, -0.25) is 4.79 Å². The molecule has 1 rings (SSSR count). The second-order valence-corrected chi connectivity index (χ2v) is 3.47. The van der Waals surface area contributed by atoms with E-state index in [1.54, 1.807) is 0 Å². The minimum atomic E-state index is -0.127. The highest BCUT2D eigenvalue weighted by Crippen LogP contribution is 2.39. The quantitative estimate of drug-likeness (QED) is 0.582. The lowest BCUT2D eigenvalue weighted by Gasteiger charge is -2.41. The van der Waals surface area contributed by atoms with Gasteiger partial charge in [-0.15, -0.1) is 0 Å². The van der Waals surface area contributed by atoms with Gasteiger partial charge in [-0.1, -0.05) is 13.8 Å². The van der Waals surface area contributed by atoms with E-state index >= 15 is 0 Å². The minimum absolute atomic E-state index is 0.0904. The fourth-order valence-corrected chi connectivity index (χ4v) is 1.42. The van der Waals surface area contributed by atoms with Crippen molar-refractivity contribution in [2.45, 2.75) is 33.3 Å². The molecule has 0 radical (unpaired) electrons. The van der Waals surface area contributed by atoms with Gasteiger partial charge in [0.1, 0.15) is 6.10 Å². The summed E-state index contributed by atoms with van der Waals surface area (Å²) in [5.74, 6) is 0.256. The Labute approximate surface area is 61.6 Å². The zero-order valence-corrected chi connectivity index (χ0v) is 6.81. The van der Waals surface area contributed by atoms with Crippen LogP contribution >= 0.6 is 0 Å². The number of ether oxygens (including phenoxy) is 1. The van der Waals surface area contributed by atoms with E-state index in [-0.39, 0.29) is 17.3 Å².